The molecule has 2 aliphatic rings. The quantitative estimate of drug-likeness (QED) is 0.662. The summed E-state index contributed by atoms with van der Waals surface area (Å²) in [7, 11) is 1.36. The number of carbonyl (C=O) groups is 1. The minimum Gasteiger partial charge on any atom is -0.492 e. The highest BCUT2D eigenvalue weighted by Gasteiger charge is 2.36. The second-order valence-corrected chi connectivity index (χ2v) is 7.44. The van der Waals surface area contributed by atoms with Crippen molar-refractivity contribution >= 4 is 5.97 Å². The maximum absolute atomic E-state index is 13.1. The van der Waals surface area contributed by atoms with Crippen LogP contribution in [0.25, 0.3) is 0 Å². The van der Waals surface area contributed by atoms with Crippen molar-refractivity contribution in [3.8, 4) is 11.5 Å². The number of alkyl halides is 3. The van der Waals surface area contributed by atoms with Crippen LogP contribution in [0, 0.1) is 6.92 Å². The second kappa shape index (κ2) is 7.28. The Hall–Kier alpha value is -2.70. The van der Waals surface area contributed by atoms with Gasteiger partial charge in [0.15, 0.2) is 0 Å². The van der Waals surface area contributed by atoms with Crippen LogP contribution >= 0.6 is 0 Å². The number of carbonyl (C=O) groups excluding carboxylic acids is 1. The summed E-state index contributed by atoms with van der Waals surface area (Å²) in [6.45, 7) is 1.92. The van der Waals surface area contributed by atoms with Crippen LogP contribution in [0.1, 0.15) is 52.7 Å². The lowest BCUT2D eigenvalue weighted by molar-refractivity contribution is -0.141. The van der Waals surface area contributed by atoms with Crippen molar-refractivity contribution in [2.24, 2.45) is 0 Å². The molecule has 1 aliphatic carbocycles. The molecular formula is C22H21F3O4. The molecule has 0 aromatic heterocycles. The zero-order chi connectivity index (χ0) is 20.8. The number of methoxy groups -OCH3 is 1. The number of hydrogen-bond donors (Lipinski definition) is 0. The summed E-state index contributed by atoms with van der Waals surface area (Å²) in [5, 5.41) is 0. The van der Waals surface area contributed by atoms with Gasteiger partial charge in [0.1, 0.15) is 17.6 Å². The number of hydrogen-bond acceptors (Lipinski definition) is 4. The van der Waals surface area contributed by atoms with Crippen molar-refractivity contribution in [1.29, 1.82) is 0 Å². The van der Waals surface area contributed by atoms with Crippen molar-refractivity contribution < 1.29 is 32.2 Å². The summed E-state index contributed by atoms with van der Waals surface area (Å²) in [5.74, 6) is 0.918. The SMILES string of the molecule is COC(=O)CC1COc2cc(O[C@@H]3CCc4c3ccc(C(F)(F)F)c4C)ccc21. The topological polar surface area (TPSA) is 44.8 Å². The maximum Gasteiger partial charge on any atom is 0.416 e. The molecule has 0 N–H and O–H groups in total. The number of benzene rings is 2. The Morgan fingerprint density at radius 3 is 2.69 bits per heavy atom. The van der Waals surface area contributed by atoms with Gasteiger partial charge in [0.05, 0.1) is 25.7 Å². The molecule has 7 heteroatoms. The van der Waals surface area contributed by atoms with Crippen LogP contribution in [-0.4, -0.2) is 19.7 Å². The van der Waals surface area contributed by atoms with Gasteiger partial charge in [-0.25, -0.2) is 0 Å². The number of esters is 1. The average Bonchev–Trinajstić information content (AvgIpc) is 3.26. The molecule has 2 aromatic carbocycles. The molecule has 1 aliphatic heterocycles. The van der Waals surface area contributed by atoms with Crippen LogP contribution in [0.15, 0.2) is 30.3 Å². The van der Waals surface area contributed by atoms with E-state index < -0.39 is 11.7 Å². The van der Waals surface area contributed by atoms with Crippen LogP contribution < -0.4 is 9.47 Å². The lowest BCUT2D eigenvalue weighted by atomic mass is 9.97. The first kappa shape index (κ1) is 19.6. The molecule has 0 saturated heterocycles. The van der Waals surface area contributed by atoms with E-state index in [0.717, 1.165) is 22.8 Å². The molecule has 29 heavy (non-hydrogen) atoms. The molecule has 0 spiro atoms. The summed E-state index contributed by atoms with van der Waals surface area (Å²) < 4.78 is 55.9. The van der Waals surface area contributed by atoms with Gasteiger partial charge < -0.3 is 14.2 Å². The van der Waals surface area contributed by atoms with Crippen LogP contribution in [0.2, 0.25) is 0 Å². The zero-order valence-electron chi connectivity index (χ0n) is 16.1. The largest absolute Gasteiger partial charge is 0.492 e. The molecular weight excluding hydrogens is 385 g/mol. The minimum atomic E-state index is -4.35. The Bertz CT molecular complexity index is 952. The first-order chi connectivity index (χ1) is 13.8. The number of ether oxygens (including phenoxy) is 3. The number of fused-ring (bicyclic) bond motifs is 2. The molecule has 1 heterocycles. The van der Waals surface area contributed by atoms with Gasteiger partial charge in [-0.05, 0) is 48.6 Å². The molecule has 0 amide bonds. The van der Waals surface area contributed by atoms with E-state index in [1.807, 2.05) is 12.1 Å². The van der Waals surface area contributed by atoms with E-state index >= 15 is 0 Å². The van der Waals surface area contributed by atoms with Gasteiger partial charge in [-0.1, -0.05) is 12.1 Å². The fourth-order valence-electron chi connectivity index (χ4n) is 4.22. The van der Waals surface area contributed by atoms with Gasteiger partial charge in [0.2, 0.25) is 0 Å². The number of rotatable bonds is 4. The monoisotopic (exact) mass is 406 g/mol. The van der Waals surface area contributed by atoms with Crippen LogP contribution in [-0.2, 0) is 22.1 Å². The van der Waals surface area contributed by atoms with Gasteiger partial charge in [-0.15, -0.1) is 0 Å². The summed E-state index contributed by atoms with van der Waals surface area (Å²) in [5.41, 5.74) is 2.16. The fraction of sp³-hybridized carbons (Fsp3) is 0.409. The fourth-order valence-corrected chi connectivity index (χ4v) is 4.22. The Kier molecular flexibility index (Phi) is 4.92. The maximum atomic E-state index is 13.1. The van der Waals surface area contributed by atoms with Crippen LogP contribution in [0.3, 0.4) is 0 Å². The molecule has 0 saturated carbocycles. The summed E-state index contributed by atoms with van der Waals surface area (Å²) >= 11 is 0. The molecule has 4 nitrogen and oxygen atoms in total. The molecule has 2 aromatic rings. The third-order valence-electron chi connectivity index (χ3n) is 5.73. The highest BCUT2D eigenvalue weighted by atomic mass is 19.4. The average molecular weight is 406 g/mol. The Labute approximate surface area is 166 Å². The summed E-state index contributed by atoms with van der Waals surface area (Å²) in [6.07, 6.45) is -3.22. The molecule has 4 rings (SSSR count). The molecule has 1 unspecified atom stereocenters. The van der Waals surface area contributed by atoms with Gasteiger partial charge in [0.25, 0.3) is 0 Å². The lowest BCUT2D eigenvalue weighted by Gasteiger charge is -2.18. The van der Waals surface area contributed by atoms with E-state index in [0.29, 0.717) is 30.9 Å². The highest BCUT2D eigenvalue weighted by Crippen LogP contribution is 2.43. The molecule has 0 bridgehead atoms. The van der Waals surface area contributed by atoms with Crippen molar-refractivity contribution in [2.75, 3.05) is 13.7 Å². The highest BCUT2D eigenvalue weighted by molar-refractivity contribution is 5.71. The first-order valence-electron chi connectivity index (χ1n) is 9.47. The van der Waals surface area contributed by atoms with E-state index in [1.165, 1.54) is 20.1 Å². The van der Waals surface area contributed by atoms with Gasteiger partial charge in [0, 0.05) is 17.5 Å². The van der Waals surface area contributed by atoms with Crippen molar-refractivity contribution in [3.05, 3.63) is 58.1 Å². The normalized spacial score (nSPS) is 20.0. The number of halogens is 3. The third-order valence-corrected chi connectivity index (χ3v) is 5.73. The Balaban J connectivity index is 1.53. The van der Waals surface area contributed by atoms with Gasteiger partial charge in [-0.3, -0.25) is 4.79 Å². The minimum absolute atomic E-state index is 0.0536. The van der Waals surface area contributed by atoms with Gasteiger partial charge >= 0.3 is 12.1 Å². The second-order valence-electron chi connectivity index (χ2n) is 7.44. The van der Waals surface area contributed by atoms with E-state index in [9.17, 15) is 18.0 Å². The smallest absolute Gasteiger partial charge is 0.416 e. The van der Waals surface area contributed by atoms with E-state index in [2.05, 4.69) is 0 Å². The summed E-state index contributed by atoms with van der Waals surface area (Å²) in [4.78, 5) is 11.5. The molecule has 0 fully saturated rings. The first-order valence-corrected chi connectivity index (χ1v) is 9.47. The van der Waals surface area contributed by atoms with Crippen molar-refractivity contribution in [2.45, 2.75) is 44.4 Å². The molecule has 0 radical (unpaired) electrons. The summed E-state index contributed by atoms with van der Waals surface area (Å²) in [6, 6.07) is 8.13. The van der Waals surface area contributed by atoms with E-state index in [4.69, 9.17) is 14.2 Å². The predicted molar refractivity (Wildman–Crippen MR) is 99.2 cm³/mol. The predicted octanol–water partition coefficient (Wildman–Crippen LogP) is 5.12. The molecule has 154 valence electrons. The zero-order valence-corrected chi connectivity index (χ0v) is 16.1. The van der Waals surface area contributed by atoms with E-state index in [-0.39, 0.29) is 30.0 Å². The van der Waals surface area contributed by atoms with Gasteiger partial charge in [-0.2, -0.15) is 13.2 Å². The van der Waals surface area contributed by atoms with Crippen molar-refractivity contribution in [1.82, 2.24) is 0 Å². The Morgan fingerprint density at radius 2 is 1.97 bits per heavy atom. The lowest BCUT2D eigenvalue weighted by Crippen LogP contribution is -2.10. The van der Waals surface area contributed by atoms with E-state index in [1.54, 1.807) is 6.07 Å². The van der Waals surface area contributed by atoms with Crippen LogP contribution in [0.4, 0.5) is 13.2 Å². The third kappa shape index (κ3) is 3.66. The molecule has 2 atom stereocenters. The Morgan fingerprint density at radius 1 is 1.21 bits per heavy atom. The van der Waals surface area contributed by atoms with Crippen LogP contribution in [0.5, 0.6) is 11.5 Å². The standard InChI is InChI=1S/C22H21F3O4/c1-12-15-6-8-19(17(15)5-7-18(12)22(23,24)25)29-14-3-4-16-13(9-21(26)27-2)11-28-20(16)10-14/h3-5,7,10,13,19H,6,8-9,11H2,1-2H3/t13?,19-/m1/s1. The van der Waals surface area contributed by atoms with Crippen molar-refractivity contribution in [3.63, 3.8) is 0 Å².